The Balaban J connectivity index is 4.81. The zero-order valence-electron chi connectivity index (χ0n) is 19.2. The van der Waals surface area contributed by atoms with Crippen LogP contribution in [0.25, 0.3) is 0 Å². The molecular formula is C22H45NO2. The molecule has 0 aliphatic carbocycles. The average Bonchev–Trinajstić information content (AvgIpc) is 2.33. The van der Waals surface area contributed by atoms with Gasteiger partial charge in [0.05, 0.1) is 5.60 Å². The van der Waals surface area contributed by atoms with E-state index in [9.17, 15) is 4.79 Å². The van der Waals surface area contributed by atoms with E-state index in [0.29, 0.717) is 18.9 Å². The van der Waals surface area contributed by atoms with Gasteiger partial charge in [-0.25, -0.2) is 0 Å². The minimum absolute atomic E-state index is 0.00287. The number of nitrogens with zero attached hydrogens (tertiary/aromatic N) is 1. The van der Waals surface area contributed by atoms with Crippen molar-refractivity contribution in [3.05, 3.63) is 0 Å². The van der Waals surface area contributed by atoms with Crippen molar-refractivity contribution in [2.75, 3.05) is 13.7 Å². The van der Waals surface area contributed by atoms with E-state index in [-0.39, 0.29) is 27.9 Å². The summed E-state index contributed by atoms with van der Waals surface area (Å²) in [6, 6.07) is 0. The van der Waals surface area contributed by atoms with E-state index in [1.54, 1.807) is 0 Å². The molecule has 0 aromatic heterocycles. The Labute approximate surface area is 157 Å². The molecule has 0 saturated heterocycles. The summed E-state index contributed by atoms with van der Waals surface area (Å²) in [6.45, 7) is 24.7. The van der Waals surface area contributed by atoms with Gasteiger partial charge in [-0.15, -0.1) is 0 Å². The molecule has 0 rings (SSSR count). The van der Waals surface area contributed by atoms with E-state index in [2.05, 4.69) is 76.2 Å². The molecule has 150 valence electrons. The molecule has 0 fully saturated rings. The fourth-order valence-corrected chi connectivity index (χ4v) is 3.14. The highest BCUT2D eigenvalue weighted by Crippen LogP contribution is 2.41. The molecule has 0 radical (unpaired) electrons. The van der Waals surface area contributed by atoms with Gasteiger partial charge >= 0.3 is 0 Å². The quantitative estimate of drug-likeness (QED) is 0.514. The molecule has 0 unspecified atom stereocenters. The molecule has 0 aromatic carbocycles. The molecular weight excluding hydrogens is 310 g/mol. The third-order valence-corrected chi connectivity index (χ3v) is 5.66. The van der Waals surface area contributed by atoms with Crippen LogP contribution in [0.3, 0.4) is 0 Å². The lowest BCUT2D eigenvalue weighted by Crippen LogP contribution is -2.47. The number of ether oxygens (including phenoxy) is 1. The standard InChI is InChI=1S/C22H45NO2/c1-17(2)21(8,9)16-20(6,7)15-18(24)23(12)22(10,11)13-14-25-19(3,4)5/h17H,13-16H2,1-12H3. The van der Waals surface area contributed by atoms with Gasteiger partial charge in [0.1, 0.15) is 0 Å². The summed E-state index contributed by atoms with van der Waals surface area (Å²) in [6.07, 6.45) is 2.47. The van der Waals surface area contributed by atoms with Crippen molar-refractivity contribution >= 4 is 5.91 Å². The zero-order chi connectivity index (χ0) is 20.3. The summed E-state index contributed by atoms with van der Waals surface area (Å²) < 4.78 is 5.85. The van der Waals surface area contributed by atoms with Gasteiger partial charge in [-0.3, -0.25) is 4.79 Å². The van der Waals surface area contributed by atoms with Gasteiger partial charge in [-0.1, -0.05) is 41.5 Å². The SMILES string of the molecule is CC(C)C(C)(C)CC(C)(C)CC(=O)N(C)C(C)(C)CCOC(C)(C)C. The van der Waals surface area contributed by atoms with Crippen LogP contribution in [0, 0.1) is 16.7 Å². The van der Waals surface area contributed by atoms with Crippen LogP contribution in [0.2, 0.25) is 0 Å². The smallest absolute Gasteiger partial charge is 0.223 e. The lowest BCUT2D eigenvalue weighted by atomic mass is 9.68. The Morgan fingerprint density at radius 1 is 0.960 bits per heavy atom. The minimum Gasteiger partial charge on any atom is -0.376 e. The summed E-state index contributed by atoms with van der Waals surface area (Å²) in [5, 5.41) is 0. The first kappa shape index (κ1) is 24.4. The van der Waals surface area contributed by atoms with Crippen LogP contribution < -0.4 is 0 Å². The Morgan fingerprint density at radius 3 is 1.84 bits per heavy atom. The lowest BCUT2D eigenvalue weighted by molar-refractivity contribution is -0.138. The van der Waals surface area contributed by atoms with Crippen LogP contribution in [0.15, 0.2) is 0 Å². The van der Waals surface area contributed by atoms with Crippen LogP contribution in [0.5, 0.6) is 0 Å². The summed E-state index contributed by atoms with van der Waals surface area (Å²) >= 11 is 0. The maximum atomic E-state index is 12.9. The third-order valence-electron chi connectivity index (χ3n) is 5.66. The molecule has 3 nitrogen and oxygen atoms in total. The van der Waals surface area contributed by atoms with Crippen molar-refractivity contribution < 1.29 is 9.53 Å². The van der Waals surface area contributed by atoms with Crippen molar-refractivity contribution in [2.24, 2.45) is 16.7 Å². The summed E-state index contributed by atoms with van der Waals surface area (Å²) in [4.78, 5) is 14.8. The van der Waals surface area contributed by atoms with Gasteiger partial charge in [0.25, 0.3) is 0 Å². The van der Waals surface area contributed by atoms with E-state index in [1.807, 2.05) is 11.9 Å². The first-order chi connectivity index (χ1) is 10.9. The molecule has 0 aliphatic rings. The maximum Gasteiger partial charge on any atom is 0.223 e. The van der Waals surface area contributed by atoms with Crippen molar-refractivity contribution in [3.63, 3.8) is 0 Å². The predicted octanol–water partition coefficient (Wildman–Crippen LogP) is 5.92. The number of amides is 1. The molecule has 25 heavy (non-hydrogen) atoms. The second kappa shape index (κ2) is 8.41. The first-order valence-electron chi connectivity index (χ1n) is 9.80. The van der Waals surface area contributed by atoms with Crippen LogP contribution in [0.4, 0.5) is 0 Å². The van der Waals surface area contributed by atoms with E-state index >= 15 is 0 Å². The average molecular weight is 356 g/mol. The maximum absolute atomic E-state index is 12.9. The van der Waals surface area contributed by atoms with Crippen molar-refractivity contribution in [2.45, 2.75) is 107 Å². The fraction of sp³-hybridized carbons (Fsp3) is 0.955. The number of hydrogen-bond acceptors (Lipinski definition) is 2. The van der Waals surface area contributed by atoms with Gasteiger partial charge in [0.2, 0.25) is 5.91 Å². The van der Waals surface area contributed by atoms with Crippen LogP contribution >= 0.6 is 0 Å². The van der Waals surface area contributed by atoms with E-state index in [0.717, 1.165) is 12.8 Å². The molecule has 0 aromatic rings. The van der Waals surface area contributed by atoms with Gasteiger partial charge in [-0.05, 0) is 64.2 Å². The van der Waals surface area contributed by atoms with E-state index < -0.39 is 0 Å². The monoisotopic (exact) mass is 355 g/mol. The van der Waals surface area contributed by atoms with Gasteiger partial charge in [-0.2, -0.15) is 0 Å². The van der Waals surface area contributed by atoms with E-state index in [1.165, 1.54) is 0 Å². The highest BCUT2D eigenvalue weighted by atomic mass is 16.5. The third kappa shape index (κ3) is 9.08. The molecule has 0 atom stereocenters. The molecule has 0 saturated carbocycles. The highest BCUT2D eigenvalue weighted by Gasteiger charge is 2.35. The van der Waals surface area contributed by atoms with Crippen molar-refractivity contribution in [1.82, 2.24) is 4.90 Å². The number of carbonyl (C=O) groups excluding carboxylic acids is 1. The Hall–Kier alpha value is -0.570. The Morgan fingerprint density at radius 2 is 1.44 bits per heavy atom. The molecule has 1 amide bonds. The first-order valence-corrected chi connectivity index (χ1v) is 9.80. The summed E-state index contributed by atoms with van der Waals surface area (Å²) in [5.74, 6) is 0.830. The number of carbonyl (C=O) groups is 1. The molecule has 3 heteroatoms. The second-order valence-corrected chi connectivity index (χ2v) is 11.1. The topological polar surface area (TPSA) is 29.5 Å². The highest BCUT2D eigenvalue weighted by molar-refractivity contribution is 5.77. The van der Waals surface area contributed by atoms with Crippen LogP contribution in [-0.4, -0.2) is 35.6 Å². The van der Waals surface area contributed by atoms with Gasteiger partial charge in [0.15, 0.2) is 0 Å². The zero-order valence-corrected chi connectivity index (χ0v) is 19.2. The largest absolute Gasteiger partial charge is 0.376 e. The minimum atomic E-state index is -0.202. The Bertz CT molecular complexity index is 428. The van der Waals surface area contributed by atoms with Crippen LogP contribution in [-0.2, 0) is 9.53 Å². The molecule has 0 aliphatic heterocycles. The number of hydrogen-bond donors (Lipinski definition) is 0. The van der Waals surface area contributed by atoms with Crippen molar-refractivity contribution in [3.8, 4) is 0 Å². The Kier molecular flexibility index (Phi) is 8.22. The van der Waals surface area contributed by atoms with Gasteiger partial charge < -0.3 is 9.64 Å². The summed E-state index contributed by atoms with van der Waals surface area (Å²) in [7, 11) is 1.93. The summed E-state index contributed by atoms with van der Waals surface area (Å²) in [5.41, 5.74) is -0.107. The van der Waals surface area contributed by atoms with Gasteiger partial charge in [0, 0.05) is 25.6 Å². The predicted molar refractivity (Wildman–Crippen MR) is 109 cm³/mol. The fourth-order valence-electron chi connectivity index (χ4n) is 3.14. The number of rotatable bonds is 9. The molecule has 0 bridgehead atoms. The lowest BCUT2D eigenvalue weighted by Gasteiger charge is -2.41. The molecule has 0 heterocycles. The van der Waals surface area contributed by atoms with Crippen LogP contribution in [0.1, 0.15) is 95.4 Å². The van der Waals surface area contributed by atoms with Crippen molar-refractivity contribution in [1.29, 1.82) is 0 Å². The molecule has 0 spiro atoms. The molecule has 0 N–H and O–H groups in total. The normalized spacial score (nSPS) is 14.1. The second-order valence-electron chi connectivity index (χ2n) is 11.1. The van der Waals surface area contributed by atoms with E-state index in [4.69, 9.17) is 4.74 Å².